The van der Waals surface area contributed by atoms with E-state index in [4.69, 9.17) is 5.11 Å². The van der Waals surface area contributed by atoms with E-state index in [2.05, 4.69) is 21.2 Å². The molecule has 1 aromatic carbocycles. The lowest BCUT2D eigenvalue weighted by molar-refractivity contribution is -0.143. The summed E-state index contributed by atoms with van der Waals surface area (Å²) < 4.78 is 14.7. The molecule has 3 nitrogen and oxygen atoms in total. The van der Waals surface area contributed by atoms with Gasteiger partial charge in [0.15, 0.2) is 0 Å². The lowest BCUT2D eigenvalue weighted by Gasteiger charge is -2.30. The molecule has 20 heavy (non-hydrogen) atoms. The van der Waals surface area contributed by atoms with E-state index in [0.29, 0.717) is 12.0 Å². The second-order valence-corrected chi connectivity index (χ2v) is 6.37. The Bertz CT molecular complexity index is 495. The molecule has 0 radical (unpaired) electrons. The molecule has 1 aliphatic rings. The first-order valence-corrected chi connectivity index (χ1v) is 7.70. The summed E-state index contributed by atoms with van der Waals surface area (Å²) in [6.45, 7) is 1.91. The topological polar surface area (TPSA) is 49.3 Å². The van der Waals surface area contributed by atoms with E-state index in [1.165, 1.54) is 6.07 Å². The van der Waals surface area contributed by atoms with Crippen LogP contribution in [0.1, 0.15) is 44.2 Å². The van der Waals surface area contributed by atoms with Crippen LogP contribution >= 0.6 is 15.9 Å². The standard InChI is InChI=1S/C15H19BrFNO2/c1-9(13-8-11(16)5-6-14(13)17)18-12-4-2-3-10(7-12)15(19)20/h5-6,8-10,12,18H,2-4,7H2,1H3,(H,19,20). The van der Waals surface area contributed by atoms with E-state index in [1.54, 1.807) is 12.1 Å². The monoisotopic (exact) mass is 343 g/mol. The minimum absolute atomic E-state index is 0.134. The van der Waals surface area contributed by atoms with Gasteiger partial charge in [0.2, 0.25) is 0 Å². The fourth-order valence-corrected chi connectivity index (χ4v) is 3.23. The normalized spacial score (nSPS) is 24.4. The molecule has 2 N–H and O–H groups in total. The van der Waals surface area contributed by atoms with Crippen LogP contribution in [0.4, 0.5) is 4.39 Å². The van der Waals surface area contributed by atoms with Crippen molar-refractivity contribution in [1.29, 1.82) is 0 Å². The first-order chi connectivity index (χ1) is 9.47. The second kappa shape index (κ2) is 6.68. The number of carboxylic acid groups (broad SMARTS) is 1. The molecule has 1 aliphatic carbocycles. The van der Waals surface area contributed by atoms with Gasteiger partial charge in [-0.15, -0.1) is 0 Å². The largest absolute Gasteiger partial charge is 0.481 e. The van der Waals surface area contributed by atoms with Gasteiger partial charge in [0.05, 0.1) is 5.92 Å². The Morgan fingerprint density at radius 1 is 1.50 bits per heavy atom. The summed E-state index contributed by atoms with van der Waals surface area (Å²) in [5.41, 5.74) is 0.608. The maximum absolute atomic E-state index is 13.8. The minimum Gasteiger partial charge on any atom is -0.481 e. The van der Waals surface area contributed by atoms with Crippen molar-refractivity contribution in [2.24, 2.45) is 5.92 Å². The fraction of sp³-hybridized carbons (Fsp3) is 0.533. The van der Waals surface area contributed by atoms with Gasteiger partial charge in [-0.1, -0.05) is 22.4 Å². The number of nitrogens with one attached hydrogen (secondary N) is 1. The van der Waals surface area contributed by atoms with Gasteiger partial charge in [-0.05, 0) is 44.4 Å². The molecule has 0 saturated heterocycles. The molecular weight excluding hydrogens is 325 g/mol. The molecule has 5 heteroatoms. The van der Waals surface area contributed by atoms with E-state index in [-0.39, 0.29) is 23.8 Å². The Kier molecular flexibility index (Phi) is 5.16. The number of carboxylic acids is 1. The predicted octanol–water partition coefficient (Wildman–Crippen LogP) is 3.88. The average Bonchev–Trinajstić information content (AvgIpc) is 2.41. The van der Waals surface area contributed by atoms with Crippen molar-refractivity contribution in [3.63, 3.8) is 0 Å². The van der Waals surface area contributed by atoms with E-state index in [1.807, 2.05) is 6.92 Å². The van der Waals surface area contributed by atoms with Crippen molar-refractivity contribution in [1.82, 2.24) is 5.32 Å². The van der Waals surface area contributed by atoms with Gasteiger partial charge in [0.25, 0.3) is 0 Å². The van der Waals surface area contributed by atoms with Gasteiger partial charge in [0, 0.05) is 22.1 Å². The first-order valence-electron chi connectivity index (χ1n) is 6.91. The van der Waals surface area contributed by atoms with Crippen LogP contribution in [0.25, 0.3) is 0 Å². The van der Waals surface area contributed by atoms with Crippen molar-refractivity contribution >= 4 is 21.9 Å². The van der Waals surface area contributed by atoms with Gasteiger partial charge in [-0.25, -0.2) is 4.39 Å². The number of benzene rings is 1. The molecule has 0 spiro atoms. The zero-order valence-corrected chi connectivity index (χ0v) is 13.0. The van der Waals surface area contributed by atoms with Crippen molar-refractivity contribution < 1.29 is 14.3 Å². The van der Waals surface area contributed by atoms with E-state index < -0.39 is 5.97 Å². The Balaban J connectivity index is 2.02. The highest BCUT2D eigenvalue weighted by molar-refractivity contribution is 9.10. The zero-order valence-electron chi connectivity index (χ0n) is 11.4. The van der Waals surface area contributed by atoms with Crippen LogP contribution in [0.5, 0.6) is 0 Å². The summed E-state index contributed by atoms with van der Waals surface area (Å²) in [6.07, 6.45) is 3.22. The SMILES string of the molecule is CC(NC1CCCC(C(=O)O)C1)c1cc(Br)ccc1F. The Morgan fingerprint density at radius 3 is 2.95 bits per heavy atom. The van der Waals surface area contributed by atoms with Crippen LogP contribution < -0.4 is 5.32 Å². The van der Waals surface area contributed by atoms with Gasteiger partial charge in [-0.3, -0.25) is 4.79 Å². The third-order valence-corrected chi connectivity index (χ3v) is 4.43. The summed E-state index contributed by atoms with van der Waals surface area (Å²) in [6, 6.07) is 4.89. The van der Waals surface area contributed by atoms with Gasteiger partial charge in [0.1, 0.15) is 5.82 Å². The summed E-state index contributed by atoms with van der Waals surface area (Å²) >= 11 is 3.35. The molecule has 1 saturated carbocycles. The number of hydrogen-bond acceptors (Lipinski definition) is 2. The molecule has 0 amide bonds. The Labute approximate surface area is 126 Å². The quantitative estimate of drug-likeness (QED) is 0.871. The van der Waals surface area contributed by atoms with E-state index in [0.717, 1.165) is 23.7 Å². The summed E-state index contributed by atoms with van der Waals surface area (Å²) in [4.78, 5) is 11.1. The van der Waals surface area contributed by atoms with Crippen LogP contribution in [0, 0.1) is 11.7 Å². The zero-order chi connectivity index (χ0) is 14.7. The summed E-state index contributed by atoms with van der Waals surface area (Å²) in [7, 11) is 0. The van der Waals surface area contributed by atoms with Gasteiger partial charge >= 0.3 is 5.97 Å². The maximum Gasteiger partial charge on any atom is 0.306 e. The molecule has 0 heterocycles. The maximum atomic E-state index is 13.8. The predicted molar refractivity (Wildman–Crippen MR) is 79.0 cm³/mol. The molecule has 0 bridgehead atoms. The molecule has 110 valence electrons. The lowest BCUT2D eigenvalue weighted by atomic mass is 9.85. The Hall–Kier alpha value is -0.940. The van der Waals surface area contributed by atoms with Crippen LogP contribution in [-0.4, -0.2) is 17.1 Å². The van der Waals surface area contributed by atoms with Crippen LogP contribution in [0.15, 0.2) is 22.7 Å². The van der Waals surface area contributed by atoms with Crippen LogP contribution in [0.2, 0.25) is 0 Å². The molecule has 0 aromatic heterocycles. The van der Waals surface area contributed by atoms with Crippen LogP contribution in [-0.2, 0) is 4.79 Å². The molecule has 2 rings (SSSR count). The lowest BCUT2D eigenvalue weighted by Crippen LogP contribution is -2.38. The molecule has 0 aliphatic heterocycles. The van der Waals surface area contributed by atoms with E-state index in [9.17, 15) is 9.18 Å². The number of halogens is 2. The number of rotatable bonds is 4. The van der Waals surface area contributed by atoms with Crippen molar-refractivity contribution in [2.75, 3.05) is 0 Å². The van der Waals surface area contributed by atoms with Gasteiger partial charge < -0.3 is 10.4 Å². The van der Waals surface area contributed by atoms with Crippen molar-refractivity contribution in [3.05, 3.63) is 34.1 Å². The smallest absolute Gasteiger partial charge is 0.306 e. The molecule has 1 fully saturated rings. The van der Waals surface area contributed by atoms with Gasteiger partial charge in [-0.2, -0.15) is 0 Å². The minimum atomic E-state index is -0.724. The second-order valence-electron chi connectivity index (χ2n) is 5.45. The Morgan fingerprint density at radius 2 is 2.25 bits per heavy atom. The summed E-state index contributed by atoms with van der Waals surface area (Å²) in [5, 5.41) is 12.5. The molecular formula is C15H19BrFNO2. The summed E-state index contributed by atoms with van der Waals surface area (Å²) in [5.74, 6) is -1.24. The third-order valence-electron chi connectivity index (χ3n) is 3.93. The highest BCUT2D eigenvalue weighted by Crippen LogP contribution is 2.28. The van der Waals surface area contributed by atoms with Crippen molar-refractivity contribution in [2.45, 2.75) is 44.7 Å². The number of carbonyl (C=O) groups is 1. The highest BCUT2D eigenvalue weighted by Gasteiger charge is 2.28. The number of hydrogen-bond donors (Lipinski definition) is 2. The first kappa shape index (κ1) is 15.4. The molecule has 3 atom stereocenters. The third kappa shape index (κ3) is 3.79. The fourth-order valence-electron chi connectivity index (χ4n) is 2.86. The van der Waals surface area contributed by atoms with Crippen molar-refractivity contribution in [3.8, 4) is 0 Å². The average molecular weight is 344 g/mol. The molecule has 1 aromatic rings. The van der Waals surface area contributed by atoms with E-state index >= 15 is 0 Å². The highest BCUT2D eigenvalue weighted by atomic mass is 79.9. The molecule has 3 unspecified atom stereocenters. The van der Waals surface area contributed by atoms with Crippen LogP contribution in [0.3, 0.4) is 0 Å². The number of aliphatic carboxylic acids is 1.